The van der Waals surface area contributed by atoms with E-state index in [1.807, 2.05) is 18.7 Å². The van der Waals surface area contributed by atoms with Crippen molar-refractivity contribution in [3.8, 4) is 0 Å². The Morgan fingerprint density at radius 1 is 1.23 bits per heavy atom. The fourth-order valence-electron chi connectivity index (χ4n) is 1.05. The summed E-state index contributed by atoms with van der Waals surface area (Å²) in [5.74, 6) is 1.12. The molecule has 1 N–H and O–H groups in total. The second kappa shape index (κ2) is 7.65. The van der Waals surface area contributed by atoms with Crippen molar-refractivity contribution in [2.45, 2.75) is 39.0 Å². The Labute approximate surface area is 86.7 Å². The number of aliphatic hydroxyl groups excluding tert-OH is 1. The molecular weight excluding hydrogens is 182 g/mol. The van der Waals surface area contributed by atoms with Crippen LogP contribution in [0.1, 0.15) is 27.7 Å². The molecule has 0 radical (unpaired) electrons. The van der Waals surface area contributed by atoms with Crippen molar-refractivity contribution >= 4 is 11.8 Å². The van der Waals surface area contributed by atoms with E-state index in [0.29, 0.717) is 5.25 Å². The monoisotopic (exact) mass is 205 g/mol. The van der Waals surface area contributed by atoms with Gasteiger partial charge in [-0.15, -0.1) is 0 Å². The number of hydrogen-bond acceptors (Lipinski definition) is 3. The van der Waals surface area contributed by atoms with Gasteiger partial charge >= 0.3 is 0 Å². The van der Waals surface area contributed by atoms with Crippen LogP contribution in [-0.4, -0.2) is 46.7 Å². The van der Waals surface area contributed by atoms with Gasteiger partial charge in [0, 0.05) is 17.5 Å². The van der Waals surface area contributed by atoms with Gasteiger partial charge in [-0.1, -0.05) is 20.8 Å². The molecule has 0 amide bonds. The highest BCUT2D eigenvalue weighted by molar-refractivity contribution is 7.99. The lowest BCUT2D eigenvalue weighted by molar-refractivity contribution is 0.196. The molecule has 2 unspecified atom stereocenters. The maximum absolute atomic E-state index is 9.27. The molecule has 0 aromatic heterocycles. The summed E-state index contributed by atoms with van der Waals surface area (Å²) < 4.78 is 0. The van der Waals surface area contributed by atoms with Crippen molar-refractivity contribution in [1.29, 1.82) is 0 Å². The first kappa shape index (κ1) is 13.3. The van der Waals surface area contributed by atoms with Gasteiger partial charge < -0.3 is 10.0 Å². The van der Waals surface area contributed by atoms with Crippen molar-refractivity contribution in [1.82, 2.24) is 4.90 Å². The SMILES string of the molecule is CCN(CC)CCSC(C)C(C)O. The fraction of sp³-hybridized carbons (Fsp3) is 1.00. The molecule has 2 nitrogen and oxygen atoms in total. The standard InChI is InChI=1S/C10H23NOS/c1-5-11(6-2)7-8-13-10(4)9(3)12/h9-10,12H,5-8H2,1-4H3. The van der Waals surface area contributed by atoms with Crippen molar-refractivity contribution in [3.63, 3.8) is 0 Å². The molecule has 0 saturated carbocycles. The van der Waals surface area contributed by atoms with E-state index in [1.165, 1.54) is 0 Å². The Kier molecular flexibility index (Phi) is 7.81. The normalized spacial score (nSPS) is 16.2. The molecule has 0 rings (SSSR count). The minimum absolute atomic E-state index is 0.193. The third-order valence-corrected chi connectivity index (χ3v) is 3.70. The molecule has 0 aromatic carbocycles. The predicted octanol–water partition coefficient (Wildman–Crippen LogP) is 1.83. The number of thioether (sulfide) groups is 1. The summed E-state index contributed by atoms with van der Waals surface area (Å²) in [4.78, 5) is 2.40. The highest BCUT2D eigenvalue weighted by atomic mass is 32.2. The van der Waals surface area contributed by atoms with E-state index in [2.05, 4.69) is 25.7 Å². The third kappa shape index (κ3) is 6.36. The Balaban J connectivity index is 3.43. The number of rotatable bonds is 7. The van der Waals surface area contributed by atoms with Crippen molar-refractivity contribution < 1.29 is 5.11 Å². The minimum atomic E-state index is -0.193. The lowest BCUT2D eigenvalue weighted by Crippen LogP contribution is -2.26. The van der Waals surface area contributed by atoms with E-state index >= 15 is 0 Å². The van der Waals surface area contributed by atoms with E-state index < -0.39 is 0 Å². The Morgan fingerprint density at radius 3 is 2.15 bits per heavy atom. The molecule has 0 saturated heterocycles. The largest absolute Gasteiger partial charge is 0.392 e. The van der Waals surface area contributed by atoms with Gasteiger partial charge in [-0.05, 0) is 20.0 Å². The molecule has 3 heteroatoms. The summed E-state index contributed by atoms with van der Waals surface area (Å²) in [6.07, 6.45) is -0.193. The van der Waals surface area contributed by atoms with Gasteiger partial charge in [0.05, 0.1) is 6.10 Å². The molecule has 13 heavy (non-hydrogen) atoms. The number of nitrogens with zero attached hydrogens (tertiary/aromatic N) is 1. The van der Waals surface area contributed by atoms with E-state index in [-0.39, 0.29) is 6.10 Å². The molecule has 0 aliphatic heterocycles. The van der Waals surface area contributed by atoms with Gasteiger partial charge in [0.1, 0.15) is 0 Å². The van der Waals surface area contributed by atoms with Gasteiger partial charge in [-0.25, -0.2) is 0 Å². The topological polar surface area (TPSA) is 23.5 Å². The summed E-state index contributed by atoms with van der Waals surface area (Å²) in [5, 5.41) is 9.62. The molecule has 0 aromatic rings. The smallest absolute Gasteiger partial charge is 0.0627 e. The van der Waals surface area contributed by atoms with Gasteiger partial charge in [-0.3, -0.25) is 0 Å². The number of hydrogen-bond donors (Lipinski definition) is 1. The molecule has 80 valence electrons. The lowest BCUT2D eigenvalue weighted by Gasteiger charge is -2.19. The zero-order valence-corrected chi connectivity index (χ0v) is 10.1. The summed E-state index contributed by atoms with van der Waals surface area (Å²) in [5.41, 5.74) is 0. The van der Waals surface area contributed by atoms with Crippen LogP contribution in [0.3, 0.4) is 0 Å². The average Bonchev–Trinajstić information content (AvgIpc) is 2.12. The van der Waals surface area contributed by atoms with Crippen molar-refractivity contribution in [2.75, 3.05) is 25.4 Å². The molecule has 0 fully saturated rings. The second-order valence-electron chi connectivity index (χ2n) is 3.34. The van der Waals surface area contributed by atoms with Gasteiger partial charge in [0.2, 0.25) is 0 Å². The van der Waals surface area contributed by atoms with E-state index in [1.54, 1.807) is 0 Å². The van der Waals surface area contributed by atoms with E-state index in [4.69, 9.17) is 0 Å². The van der Waals surface area contributed by atoms with Crippen LogP contribution in [0.15, 0.2) is 0 Å². The van der Waals surface area contributed by atoms with Crippen LogP contribution in [0.25, 0.3) is 0 Å². The minimum Gasteiger partial charge on any atom is -0.392 e. The van der Waals surface area contributed by atoms with Crippen LogP contribution in [0.2, 0.25) is 0 Å². The van der Waals surface area contributed by atoms with Gasteiger partial charge in [0.15, 0.2) is 0 Å². The van der Waals surface area contributed by atoms with Crippen molar-refractivity contribution in [3.05, 3.63) is 0 Å². The first-order valence-corrected chi connectivity index (χ1v) is 6.18. The summed E-state index contributed by atoms with van der Waals surface area (Å²) >= 11 is 1.85. The molecule has 0 spiro atoms. The van der Waals surface area contributed by atoms with Gasteiger partial charge in [0.25, 0.3) is 0 Å². The zero-order chi connectivity index (χ0) is 10.3. The molecular formula is C10H23NOS. The number of aliphatic hydroxyl groups is 1. The quantitative estimate of drug-likeness (QED) is 0.686. The Hall–Kier alpha value is 0.270. The summed E-state index contributed by atoms with van der Waals surface area (Å²) in [6.45, 7) is 11.7. The third-order valence-electron chi connectivity index (χ3n) is 2.36. The molecule has 0 aliphatic carbocycles. The maximum atomic E-state index is 9.27. The highest BCUT2D eigenvalue weighted by Gasteiger charge is 2.09. The van der Waals surface area contributed by atoms with Crippen LogP contribution in [0.5, 0.6) is 0 Å². The lowest BCUT2D eigenvalue weighted by atomic mass is 10.3. The molecule has 0 aliphatic rings. The Bertz CT molecular complexity index is 113. The first-order chi connectivity index (χ1) is 6.11. The zero-order valence-electron chi connectivity index (χ0n) is 9.29. The second-order valence-corrected chi connectivity index (χ2v) is 4.83. The van der Waals surface area contributed by atoms with Gasteiger partial charge in [-0.2, -0.15) is 11.8 Å². The van der Waals surface area contributed by atoms with Crippen LogP contribution in [-0.2, 0) is 0 Å². The average molecular weight is 205 g/mol. The molecule has 2 atom stereocenters. The van der Waals surface area contributed by atoms with Crippen LogP contribution in [0, 0.1) is 0 Å². The molecule has 0 bridgehead atoms. The fourth-order valence-corrected chi connectivity index (χ4v) is 2.06. The summed E-state index contributed by atoms with van der Waals surface area (Å²) in [7, 11) is 0. The van der Waals surface area contributed by atoms with Crippen LogP contribution < -0.4 is 0 Å². The van der Waals surface area contributed by atoms with E-state index in [9.17, 15) is 5.11 Å². The summed E-state index contributed by atoms with van der Waals surface area (Å²) in [6, 6.07) is 0. The predicted molar refractivity (Wildman–Crippen MR) is 61.4 cm³/mol. The first-order valence-electron chi connectivity index (χ1n) is 5.13. The maximum Gasteiger partial charge on any atom is 0.0627 e. The van der Waals surface area contributed by atoms with E-state index in [0.717, 1.165) is 25.4 Å². The Morgan fingerprint density at radius 2 is 1.77 bits per heavy atom. The highest BCUT2D eigenvalue weighted by Crippen LogP contribution is 2.13. The van der Waals surface area contributed by atoms with Crippen molar-refractivity contribution in [2.24, 2.45) is 0 Å². The van der Waals surface area contributed by atoms with Crippen LogP contribution in [0.4, 0.5) is 0 Å². The molecule has 0 heterocycles. The van der Waals surface area contributed by atoms with Crippen LogP contribution >= 0.6 is 11.8 Å².